The molecule has 1 aromatic carbocycles. The van der Waals surface area contributed by atoms with Gasteiger partial charge in [-0.05, 0) is 44.4 Å². The zero-order chi connectivity index (χ0) is 16.3. The molecule has 0 fully saturated rings. The Hall–Kier alpha value is -1.81. The molecule has 0 spiro atoms. The first kappa shape index (κ1) is 16.6. The van der Waals surface area contributed by atoms with Crippen LogP contribution in [-0.4, -0.2) is 21.6 Å². The fourth-order valence-corrected chi connectivity index (χ4v) is 2.83. The number of hydrogen-bond donors (Lipinski definition) is 0. The number of alkyl halides is 1. The molecule has 0 aliphatic heterocycles. The Kier molecular flexibility index (Phi) is 5.24. The minimum atomic E-state index is -0.113. The van der Waals surface area contributed by atoms with Gasteiger partial charge in [-0.3, -0.25) is 9.69 Å². The third-order valence-corrected chi connectivity index (χ3v) is 3.99. The summed E-state index contributed by atoms with van der Waals surface area (Å²) in [7, 11) is 0. The minimum absolute atomic E-state index is 0.0449. The maximum atomic E-state index is 12.4. The number of carbonyl (C=O) groups excluding carboxylic acids is 1. The minimum Gasteiger partial charge on any atom is -0.291 e. The Bertz CT molecular complexity index is 679. The standard InChI is InChI=1S/C17H22ClN3O/c1-5-15-8-6-7-12(2)17(15)20(16(22)10-18)11-21-14(4)9-13(3)19-21/h6-9H,5,10-11H2,1-4H3. The van der Waals surface area contributed by atoms with Crippen molar-refractivity contribution in [2.45, 2.75) is 40.8 Å². The number of para-hydroxylation sites is 1. The molecule has 2 rings (SSSR count). The van der Waals surface area contributed by atoms with Gasteiger partial charge in [0.2, 0.25) is 5.91 Å². The number of nitrogens with zero attached hydrogens (tertiary/aromatic N) is 3. The smallest absolute Gasteiger partial charge is 0.243 e. The van der Waals surface area contributed by atoms with Crippen molar-refractivity contribution in [3.8, 4) is 0 Å². The Balaban J connectivity index is 2.48. The zero-order valence-electron chi connectivity index (χ0n) is 13.6. The van der Waals surface area contributed by atoms with Gasteiger partial charge < -0.3 is 0 Å². The number of hydrogen-bond acceptors (Lipinski definition) is 2. The lowest BCUT2D eigenvalue weighted by molar-refractivity contribution is -0.116. The monoisotopic (exact) mass is 319 g/mol. The van der Waals surface area contributed by atoms with Crippen LogP contribution in [0.4, 0.5) is 5.69 Å². The van der Waals surface area contributed by atoms with E-state index in [1.807, 2.05) is 43.7 Å². The van der Waals surface area contributed by atoms with Gasteiger partial charge in [0.15, 0.2) is 0 Å². The average molecular weight is 320 g/mol. The van der Waals surface area contributed by atoms with Gasteiger partial charge in [-0.15, -0.1) is 11.6 Å². The first-order valence-corrected chi connectivity index (χ1v) is 7.97. The molecule has 0 aliphatic rings. The number of halogens is 1. The molecule has 4 nitrogen and oxygen atoms in total. The fraction of sp³-hybridized carbons (Fsp3) is 0.412. The lowest BCUT2D eigenvalue weighted by Gasteiger charge is -2.26. The van der Waals surface area contributed by atoms with Crippen LogP contribution in [0.3, 0.4) is 0 Å². The van der Waals surface area contributed by atoms with E-state index in [0.717, 1.165) is 34.6 Å². The first-order valence-electron chi connectivity index (χ1n) is 7.43. The zero-order valence-corrected chi connectivity index (χ0v) is 14.3. The van der Waals surface area contributed by atoms with E-state index >= 15 is 0 Å². The quantitative estimate of drug-likeness (QED) is 0.790. The Morgan fingerprint density at radius 1 is 1.32 bits per heavy atom. The van der Waals surface area contributed by atoms with Crippen molar-refractivity contribution < 1.29 is 4.79 Å². The summed E-state index contributed by atoms with van der Waals surface area (Å²) in [6, 6.07) is 8.09. The molecule has 0 bridgehead atoms. The van der Waals surface area contributed by atoms with Crippen LogP contribution in [0.25, 0.3) is 0 Å². The van der Waals surface area contributed by atoms with Gasteiger partial charge in [0.05, 0.1) is 11.4 Å². The molecule has 0 saturated carbocycles. The van der Waals surface area contributed by atoms with Crippen molar-refractivity contribution in [2.75, 3.05) is 10.8 Å². The van der Waals surface area contributed by atoms with Crippen molar-refractivity contribution in [3.63, 3.8) is 0 Å². The molecule has 22 heavy (non-hydrogen) atoms. The van der Waals surface area contributed by atoms with E-state index in [0.29, 0.717) is 6.67 Å². The number of aromatic nitrogens is 2. The van der Waals surface area contributed by atoms with Crippen LogP contribution in [0.5, 0.6) is 0 Å². The maximum absolute atomic E-state index is 12.4. The largest absolute Gasteiger partial charge is 0.291 e. The predicted molar refractivity (Wildman–Crippen MR) is 90.5 cm³/mol. The highest BCUT2D eigenvalue weighted by Crippen LogP contribution is 2.27. The average Bonchev–Trinajstić information content (AvgIpc) is 2.81. The number of carbonyl (C=O) groups is 1. The summed E-state index contributed by atoms with van der Waals surface area (Å²) >= 11 is 5.83. The van der Waals surface area contributed by atoms with E-state index in [9.17, 15) is 4.79 Å². The molecule has 2 aromatic rings. The normalized spacial score (nSPS) is 10.8. The Morgan fingerprint density at radius 2 is 2.05 bits per heavy atom. The van der Waals surface area contributed by atoms with E-state index in [1.54, 1.807) is 4.90 Å². The Morgan fingerprint density at radius 3 is 2.59 bits per heavy atom. The molecule has 1 aromatic heterocycles. The lowest BCUT2D eigenvalue weighted by atomic mass is 10.0. The lowest BCUT2D eigenvalue weighted by Crippen LogP contribution is -2.35. The molecule has 0 N–H and O–H groups in total. The molecular weight excluding hydrogens is 298 g/mol. The molecule has 1 amide bonds. The fourth-order valence-electron chi connectivity index (χ4n) is 2.69. The number of amides is 1. The summed E-state index contributed by atoms with van der Waals surface area (Å²) in [5.41, 5.74) is 5.12. The second-order valence-corrected chi connectivity index (χ2v) is 5.73. The highest BCUT2D eigenvalue weighted by atomic mass is 35.5. The van der Waals surface area contributed by atoms with Gasteiger partial charge in [-0.2, -0.15) is 5.10 Å². The van der Waals surface area contributed by atoms with Gasteiger partial charge in [0.25, 0.3) is 0 Å². The third kappa shape index (κ3) is 3.33. The van der Waals surface area contributed by atoms with Gasteiger partial charge in [0.1, 0.15) is 12.5 Å². The van der Waals surface area contributed by atoms with Crippen molar-refractivity contribution >= 4 is 23.2 Å². The number of anilines is 1. The number of aryl methyl sites for hydroxylation is 4. The van der Waals surface area contributed by atoms with Crippen LogP contribution in [0.15, 0.2) is 24.3 Å². The van der Waals surface area contributed by atoms with Crippen LogP contribution in [-0.2, 0) is 17.9 Å². The summed E-state index contributed by atoms with van der Waals surface area (Å²) in [5, 5.41) is 4.46. The van der Waals surface area contributed by atoms with Gasteiger partial charge >= 0.3 is 0 Å². The molecule has 0 atom stereocenters. The van der Waals surface area contributed by atoms with Crippen molar-refractivity contribution in [2.24, 2.45) is 0 Å². The molecule has 0 saturated heterocycles. The van der Waals surface area contributed by atoms with Crippen LogP contribution in [0, 0.1) is 20.8 Å². The van der Waals surface area contributed by atoms with Gasteiger partial charge in [-0.25, -0.2) is 4.68 Å². The summed E-state index contributed by atoms with van der Waals surface area (Å²) in [4.78, 5) is 14.1. The molecule has 0 radical (unpaired) electrons. The number of rotatable bonds is 5. The summed E-state index contributed by atoms with van der Waals surface area (Å²) in [6.45, 7) is 8.42. The van der Waals surface area contributed by atoms with E-state index in [-0.39, 0.29) is 11.8 Å². The van der Waals surface area contributed by atoms with Crippen molar-refractivity contribution in [3.05, 3.63) is 46.8 Å². The van der Waals surface area contributed by atoms with Crippen LogP contribution in [0.1, 0.15) is 29.4 Å². The van der Waals surface area contributed by atoms with Crippen LogP contribution < -0.4 is 4.90 Å². The van der Waals surface area contributed by atoms with Crippen molar-refractivity contribution in [1.29, 1.82) is 0 Å². The first-order chi connectivity index (χ1) is 10.5. The maximum Gasteiger partial charge on any atom is 0.243 e. The van der Waals surface area contributed by atoms with E-state index < -0.39 is 0 Å². The summed E-state index contributed by atoms with van der Waals surface area (Å²) in [5.74, 6) is -0.158. The summed E-state index contributed by atoms with van der Waals surface area (Å²) in [6.07, 6.45) is 0.861. The Labute approximate surface area is 136 Å². The SMILES string of the molecule is CCc1cccc(C)c1N(Cn1nc(C)cc1C)C(=O)CCl. The van der Waals surface area contributed by atoms with Gasteiger partial charge in [0, 0.05) is 5.69 Å². The highest BCUT2D eigenvalue weighted by Gasteiger charge is 2.20. The van der Waals surface area contributed by atoms with Crippen molar-refractivity contribution in [1.82, 2.24) is 9.78 Å². The molecular formula is C17H22ClN3O. The topological polar surface area (TPSA) is 38.1 Å². The summed E-state index contributed by atoms with van der Waals surface area (Å²) < 4.78 is 1.84. The molecule has 1 heterocycles. The van der Waals surface area contributed by atoms with E-state index in [4.69, 9.17) is 11.6 Å². The molecule has 0 unspecified atom stereocenters. The van der Waals surface area contributed by atoms with E-state index in [2.05, 4.69) is 18.1 Å². The highest BCUT2D eigenvalue weighted by molar-refractivity contribution is 6.29. The molecule has 5 heteroatoms. The van der Waals surface area contributed by atoms with Crippen LogP contribution >= 0.6 is 11.6 Å². The molecule has 0 aliphatic carbocycles. The second-order valence-electron chi connectivity index (χ2n) is 5.46. The van der Waals surface area contributed by atoms with Crippen LogP contribution in [0.2, 0.25) is 0 Å². The van der Waals surface area contributed by atoms with E-state index in [1.165, 1.54) is 0 Å². The van der Waals surface area contributed by atoms with Gasteiger partial charge in [-0.1, -0.05) is 25.1 Å². The molecule has 118 valence electrons. The number of benzene rings is 1. The predicted octanol–water partition coefficient (Wildman–Crippen LogP) is 3.60. The second kappa shape index (κ2) is 6.97. The third-order valence-electron chi connectivity index (χ3n) is 3.77.